The maximum Gasteiger partial charge on any atom is 0.232 e. The Morgan fingerprint density at radius 1 is 1.23 bits per heavy atom. The smallest absolute Gasteiger partial charge is 0.232 e. The van der Waals surface area contributed by atoms with Crippen LogP contribution in [0.4, 0.5) is 0 Å². The molecule has 4 rings (SSSR count). The summed E-state index contributed by atoms with van der Waals surface area (Å²) in [5.41, 5.74) is 1.19. The predicted octanol–water partition coefficient (Wildman–Crippen LogP) is 4.71. The average molecular weight is 384 g/mol. The minimum absolute atomic E-state index is 0.215. The first-order valence-corrected chi connectivity index (χ1v) is 10.7. The van der Waals surface area contributed by atoms with Crippen molar-refractivity contribution in [3.05, 3.63) is 42.7 Å². The number of piperidine rings is 1. The predicted molar refractivity (Wildman–Crippen MR) is 109 cm³/mol. The molecule has 3 heterocycles. The van der Waals surface area contributed by atoms with E-state index in [2.05, 4.69) is 35.1 Å². The largest absolute Gasteiger partial charge is 0.342 e. The van der Waals surface area contributed by atoms with E-state index >= 15 is 0 Å². The van der Waals surface area contributed by atoms with E-state index in [-0.39, 0.29) is 5.91 Å². The second kappa shape index (κ2) is 7.76. The van der Waals surface area contributed by atoms with Crippen molar-refractivity contribution in [2.75, 3.05) is 18.8 Å². The van der Waals surface area contributed by atoms with Crippen LogP contribution in [0.3, 0.4) is 0 Å². The van der Waals surface area contributed by atoms with E-state index in [0.717, 1.165) is 47.1 Å². The van der Waals surface area contributed by atoms with E-state index in [0.29, 0.717) is 5.75 Å². The van der Waals surface area contributed by atoms with Gasteiger partial charge in [-0.05, 0) is 30.4 Å². The van der Waals surface area contributed by atoms with E-state index in [9.17, 15) is 4.79 Å². The number of thiophene rings is 1. The van der Waals surface area contributed by atoms with Gasteiger partial charge in [0.05, 0.1) is 5.75 Å². The van der Waals surface area contributed by atoms with Crippen molar-refractivity contribution in [1.29, 1.82) is 0 Å². The van der Waals surface area contributed by atoms with Gasteiger partial charge in [-0.15, -0.1) is 11.3 Å². The van der Waals surface area contributed by atoms with Crippen LogP contribution in [-0.2, 0) is 4.79 Å². The molecule has 2 aromatic heterocycles. The molecule has 6 heteroatoms. The highest BCUT2D eigenvalue weighted by Gasteiger charge is 2.21. The number of aromatic nitrogens is 2. The van der Waals surface area contributed by atoms with Crippen LogP contribution in [0.2, 0.25) is 0 Å². The molecular weight excluding hydrogens is 362 g/mol. The Morgan fingerprint density at radius 2 is 2.00 bits per heavy atom. The number of carbonyl (C=O) groups excluding carboxylic acids is 1. The summed E-state index contributed by atoms with van der Waals surface area (Å²) in [5, 5.41) is 1.94. The van der Waals surface area contributed by atoms with Crippen LogP contribution in [0.5, 0.6) is 0 Å². The molecule has 1 aromatic carbocycles. The van der Waals surface area contributed by atoms with Gasteiger partial charge in [0, 0.05) is 23.4 Å². The number of nitrogens with zero attached hydrogens (tertiary/aromatic N) is 3. The number of amides is 1. The molecule has 0 N–H and O–H groups in total. The van der Waals surface area contributed by atoms with E-state index in [1.54, 1.807) is 17.7 Å². The highest BCUT2D eigenvalue weighted by atomic mass is 32.2. The Kier molecular flexibility index (Phi) is 5.22. The minimum Gasteiger partial charge on any atom is -0.342 e. The fraction of sp³-hybridized carbons (Fsp3) is 0.350. The number of rotatable bonds is 4. The molecule has 1 saturated heterocycles. The maximum absolute atomic E-state index is 12.5. The molecule has 1 fully saturated rings. The zero-order valence-electron chi connectivity index (χ0n) is 14.7. The van der Waals surface area contributed by atoms with Crippen LogP contribution in [0.1, 0.15) is 19.8 Å². The van der Waals surface area contributed by atoms with Crippen molar-refractivity contribution in [3.63, 3.8) is 0 Å². The van der Waals surface area contributed by atoms with Gasteiger partial charge < -0.3 is 4.90 Å². The molecule has 0 saturated carbocycles. The number of fused-ring (bicyclic) bond motifs is 1. The number of hydrogen-bond acceptors (Lipinski definition) is 5. The summed E-state index contributed by atoms with van der Waals surface area (Å²) < 4.78 is 0. The van der Waals surface area contributed by atoms with Gasteiger partial charge in [-0.3, -0.25) is 4.79 Å². The zero-order valence-corrected chi connectivity index (χ0v) is 16.4. The summed E-state index contributed by atoms with van der Waals surface area (Å²) >= 11 is 3.19. The van der Waals surface area contributed by atoms with Gasteiger partial charge in [-0.2, -0.15) is 0 Å². The second-order valence-corrected chi connectivity index (χ2v) is 8.72. The lowest BCUT2D eigenvalue weighted by Gasteiger charge is -2.30. The number of hydrogen-bond donors (Lipinski definition) is 0. The van der Waals surface area contributed by atoms with Crippen LogP contribution >= 0.6 is 23.1 Å². The van der Waals surface area contributed by atoms with Crippen molar-refractivity contribution < 1.29 is 4.79 Å². The van der Waals surface area contributed by atoms with Gasteiger partial charge in [0.1, 0.15) is 16.2 Å². The van der Waals surface area contributed by atoms with Crippen LogP contribution in [0, 0.1) is 5.92 Å². The second-order valence-electron chi connectivity index (χ2n) is 6.73. The number of likely N-dealkylation sites (tertiary alicyclic amines) is 1. The van der Waals surface area contributed by atoms with Crippen molar-refractivity contribution in [3.8, 4) is 10.4 Å². The summed E-state index contributed by atoms with van der Waals surface area (Å²) in [5.74, 6) is 1.39. The topological polar surface area (TPSA) is 46.1 Å². The van der Waals surface area contributed by atoms with Crippen LogP contribution in [-0.4, -0.2) is 39.6 Å². The third kappa shape index (κ3) is 3.76. The SMILES string of the molecule is CC1CCN(C(=O)CSc2ncnc3sc(-c4ccccc4)cc23)CC1. The van der Waals surface area contributed by atoms with E-state index in [1.165, 1.54) is 22.2 Å². The standard InChI is InChI=1S/C20H21N3OS2/c1-14-7-9-23(10-8-14)18(24)12-25-19-16-11-17(15-5-3-2-4-6-15)26-20(16)22-13-21-19/h2-6,11,13-14H,7-10,12H2,1H3. The van der Waals surface area contributed by atoms with Gasteiger partial charge in [-0.1, -0.05) is 49.0 Å². The number of thioether (sulfide) groups is 1. The Bertz CT molecular complexity index is 902. The van der Waals surface area contributed by atoms with Crippen LogP contribution in [0.25, 0.3) is 20.7 Å². The summed E-state index contributed by atoms with van der Waals surface area (Å²) in [6.45, 7) is 4.03. The monoisotopic (exact) mass is 383 g/mol. The van der Waals surface area contributed by atoms with E-state index < -0.39 is 0 Å². The molecule has 0 spiro atoms. The van der Waals surface area contributed by atoms with Gasteiger partial charge in [0.2, 0.25) is 5.91 Å². The summed E-state index contributed by atoms with van der Waals surface area (Å²) in [6.07, 6.45) is 3.82. The normalized spacial score (nSPS) is 15.5. The molecule has 0 atom stereocenters. The van der Waals surface area contributed by atoms with Crippen LogP contribution in [0.15, 0.2) is 47.8 Å². The molecular formula is C20H21N3OS2. The third-order valence-corrected chi connectivity index (χ3v) is 6.90. The number of benzene rings is 1. The highest BCUT2D eigenvalue weighted by molar-refractivity contribution is 8.00. The molecule has 26 heavy (non-hydrogen) atoms. The van der Waals surface area contributed by atoms with Gasteiger partial charge in [0.15, 0.2) is 0 Å². The fourth-order valence-electron chi connectivity index (χ4n) is 3.17. The minimum atomic E-state index is 0.215. The lowest BCUT2D eigenvalue weighted by molar-refractivity contribution is -0.129. The lowest BCUT2D eigenvalue weighted by atomic mass is 9.99. The molecule has 1 amide bonds. The quantitative estimate of drug-likeness (QED) is 0.483. The first kappa shape index (κ1) is 17.5. The molecule has 1 aliphatic heterocycles. The van der Waals surface area contributed by atoms with E-state index in [1.807, 2.05) is 23.1 Å². The Labute approximate surface area is 161 Å². The van der Waals surface area contributed by atoms with Crippen molar-refractivity contribution in [2.24, 2.45) is 5.92 Å². The first-order chi connectivity index (χ1) is 12.7. The number of carbonyl (C=O) groups is 1. The van der Waals surface area contributed by atoms with Crippen molar-refractivity contribution >= 4 is 39.2 Å². The van der Waals surface area contributed by atoms with E-state index in [4.69, 9.17) is 0 Å². The summed E-state index contributed by atoms with van der Waals surface area (Å²) in [4.78, 5) is 25.5. The van der Waals surface area contributed by atoms with Gasteiger partial charge in [0.25, 0.3) is 0 Å². The Balaban J connectivity index is 1.50. The Morgan fingerprint density at radius 3 is 2.77 bits per heavy atom. The van der Waals surface area contributed by atoms with Gasteiger partial charge in [-0.25, -0.2) is 9.97 Å². The van der Waals surface area contributed by atoms with Crippen molar-refractivity contribution in [2.45, 2.75) is 24.8 Å². The maximum atomic E-state index is 12.5. The fourth-order valence-corrected chi connectivity index (χ4v) is 5.12. The summed E-state index contributed by atoms with van der Waals surface area (Å²) in [7, 11) is 0. The summed E-state index contributed by atoms with van der Waals surface area (Å²) in [6, 6.07) is 12.5. The lowest BCUT2D eigenvalue weighted by Crippen LogP contribution is -2.38. The molecule has 0 radical (unpaired) electrons. The Hall–Kier alpha value is -1.92. The first-order valence-electron chi connectivity index (χ1n) is 8.91. The molecule has 0 aliphatic carbocycles. The van der Waals surface area contributed by atoms with Crippen LogP contribution < -0.4 is 0 Å². The molecule has 1 aliphatic rings. The van der Waals surface area contributed by atoms with Gasteiger partial charge >= 0.3 is 0 Å². The average Bonchev–Trinajstić information content (AvgIpc) is 3.12. The molecule has 134 valence electrons. The molecule has 3 aromatic rings. The molecule has 4 nitrogen and oxygen atoms in total. The highest BCUT2D eigenvalue weighted by Crippen LogP contribution is 2.36. The molecule has 0 bridgehead atoms. The third-order valence-electron chi connectivity index (χ3n) is 4.82. The molecule has 0 unspecified atom stereocenters. The zero-order chi connectivity index (χ0) is 17.9. The van der Waals surface area contributed by atoms with Crippen molar-refractivity contribution in [1.82, 2.24) is 14.9 Å².